The van der Waals surface area contributed by atoms with Crippen LogP contribution in [0.15, 0.2) is 55.0 Å². The van der Waals surface area contributed by atoms with E-state index in [0.717, 1.165) is 37.4 Å². The average Bonchev–Trinajstić information content (AvgIpc) is 3.32. The van der Waals surface area contributed by atoms with Crippen molar-refractivity contribution in [3.8, 4) is 5.75 Å². The van der Waals surface area contributed by atoms with Gasteiger partial charge in [-0.1, -0.05) is 35.3 Å². The molecule has 1 aromatic heterocycles. The summed E-state index contributed by atoms with van der Waals surface area (Å²) in [5.41, 5.74) is 7.65. The Kier molecular flexibility index (Phi) is 7.95. The summed E-state index contributed by atoms with van der Waals surface area (Å²) in [6, 6.07) is 13.6. The van der Waals surface area contributed by atoms with E-state index < -0.39 is 5.91 Å². The van der Waals surface area contributed by atoms with Crippen molar-refractivity contribution in [2.24, 2.45) is 5.73 Å². The Hall–Kier alpha value is -2.78. The maximum Gasteiger partial charge on any atom is 0.268 e. The van der Waals surface area contributed by atoms with Crippen molar-refractivity contribution in [3.63, 3.8) is 0 Å². The number of ether oxygens (including phenoxy) is 1. The minimum Gasteiger partial charge on any atom is -0.491 e. The fourth-order valence-electron chi connectivity index (χ4n) is 4.14. The molecule has 8 nitrogen and oxygen atoms in total. The smallest absolute Gasteiger partial charge is 0.268 e. The standard InChI is InChI=1S/C24H27Cl2N5O3/c25-18-3-1-17(2-4-18)23-15-29(7-8-30-14-21(24(27)33)28-16-30)9-10-31(23)22-6-5-19(13-20(22)26)34-12-11-32/h1-6,13-14,16,23,32H,7-12,15H2,(H2,27,33)/t23-/m0/s1. The first-order valence-corrected chi connectivity index (χ1v) is 11.8. The number of nitrogens with zero attached hydrogens (tertiary/aromatic N) is 4. The van der Waals surface area contributed by atoms with E-state index in [-0.39, 0.29) is 24.9 Å². The third kappa shape index (κ3) is 5.82. The zero-order valence-electron chi connectivity index (χ0n) is 18.6. The van der Waals surface area contributed by atoms with Gasteiger partial charge in [-0.25, -0.2) is 4.98 Å². The average molecular weight is 504 g/mol. The van der Waals surface area contributed by atoms with Crippen molar-refractivity contribution < 1.29 is 14.6 Å². The van der Waals surface area contributed by atoms with Crippen LogP contribution in [-0.2, 0) is 6.54 Å². The van der Waals surface area contributed by atoms with Crippen LogP contribution in [0.1, 0.15) is 22.1 Å². The van der Waals surface area contributed by atoms with Crippen LogP contribution in [0.2, 0.25) is 10.0 Å². The summed E-state index contributed by atoms with van der Waals surface area (Å²) in [7, 11) is 0. The van der Waals surface area contributed by atoms with Crippen molar-refractivity contribution >= 4 is 34.8 Å². The Bertz CT molecular complexity index is 1120. The third-order valence-electron chi connectivity index (χ3n) is 5.87. The van der Waals surface area contributed by atoms with E-state index in [1.165, 1.54) is 0 Å². The van der Waals surface area contributed by atoms with Gasteiger partial charge in [-0.05, 0) is 29.8 Å². The van der Waals surface area contributed by atoms with Crippen LogP contribution in [0.4, 0.5) is 5.69 Å². The zero-order chi connectivity index (χ0) is 24.1. The number of hydrogen-bond donors (Lipinski definition) is 2. The number of amides is 1. The molecule has 4 rings (SSSR count). The number of aliphatic hydroxyl groups excluding tert-OH is 1. The van der Waals surface area contributed by atoms with Crippen LogP contribution < -0.4 is 15.4 Å². The lowest BCUT2D eigenvalue weighted by atomic mass is 10.0. The van der Waals surface area contributed by atoms with Crippen molar-refractivity contribution in [2.75, 3.05) is 44.3 Å². The molecule has 3 N–H and O–H groups in total. The van der Waals surface area contributed by atoms with Gasteiger partial charge in [0, 0.05) is 50.0 Å². The van der Waals surface area contributed by atoms with E-state index in [2.05, 4.69) is 14.8 Å². The van der Waals surface area contributed by atoms with Crippen molar-refractivity contribution in [3.05, 3.63) is 76.3 Å². The molecule has 2 aromatic carbocycles. The SMILES string of the molecule is NC(=O)c1cn(CCN2CCN(c3ccc(OCCO)cc3Cl)[C@H](c3ccc(Cl)cc3)C2)cn1. The van der Waals surface area contributed by atoms with Crippen molar-refractivity contribution in [1.82, 2.24) is 14.5 Å². The highest BCUT2D eigenvalue weighted by molar-refractivity contribution is 6.33. The normalized spacial score (nSPS) is 16.6. The zero-order valence-corrected chi connectivity index (χ0v) is 20.1. The molecule has 0 spiro atoms. The minimum atomic E-state index is -0.528. The van der Waals surface area contributed by atoms with E-state index in [1.807, 2.05) is 41.0 Å². The number of rotatable bonds is 9. The number of halogens is 2. The van der Waals surface area contributed by atoms with Gasteiger partial charge in [-0.3, -0.25) is 9.69 Å². The highest BCUT2D eigenvalue weighted by Crippen LogP contribution is 2.37. The van der Waals surface area contributed by atoms with Gasteiger partial charge in [0.1, 0.15) is 18.1 Å². The van der Waals surface area contributed by atoms with Gasteiger partial charge in [0.25, 0.3) is 5.91 Å². The second kappa shape index (κ2) is 11.1. The number of carbonyl (C=O) groups is 1. The van der Waals surface area contributed by atoms with E-state index >= 15 is 0 Å². The number of imidazole rings is 1. The maximum absolute atomic E-state index is 11.3. The first-order chi connectivity index (χ1) is 16.4. The Morgan fingerprint density at radius 3 is 2.62 bits per heavy atom. The van der Waals surface area contributed by atoms with Gasteiger partial charge in [0.2, 0.25) is 0 Å². The molecule has 1 saturated heterocycles. The molecule has 34 heavy (non-hydrogen) atoms. The molecule has 10 heteroatoms. The Balaban J connectivity index is 1.52. The van der Waals surface area contributed by atoms with Crippen LogP contribution in [0.25, 0.3) is 0 Å². The topological polar surface area (TPSA) is 96.9 Å². The largest absolute Gasteiger partial charge is 0.491 e. The second-order valence-corrected chi connectivity index (χ2v) is 8.95. The summed E-state index contributed by atoms with van der Waals surface area (Å²) in [5, 5.41) is 10.3. The molecule has 180 valence electrons. The second-order valence-electron chi connectivity index (χ2n) is 8.11. The molecule has 2 heterocycles. The lowest BCUT2D eigenvalue weighted by Gasteiger charge is -2.43. The number of aliphatic hydroxyl groups is 1. The lowest BCUT2D eigenvalue weighted by molar-refractivity contribution is 0.0996. The summed E-state index contributed by atoms with van der Waals surface area (Å²) in [6.45, 7) is 4.08. The summed E-state index contributed by atoms with van der Waals surface area (Å²) >= 11 is 12.8. The van der Waals surface area contributed by atoms with Crippen LogP contribution in [0.5, 0.6) is 5.75 Å². The predicted molar refractivity (Wildman–Crippen MR) is 133 cm³/mol. The summed E-state index contributed by atoms with van der Waals surface area (Å²) in [6.07, 6.45) is 3.31. The van der Waals surface area contributed by atoms with Crippen LogP contribution in [-0.4, -0.2) is 64.9 Å². The quantitative estimate of drug-likeness (QED) is 0.465. The van der Waals surface area contributed by atoms with Gasteiger partial charge >= 0.3 is 0 Å². The highest BCUT2D eigenvalue weighted by Gasteiger charge is 2.29. The van der Waals surface area contributed by atoms with E-state index in [4.69, 9.17) is 38.8 Å². The predicted octanol–water partition coefficient (Wildman–Crippen LogP) is 3.22. The molecule has 0 aliphatic carbocycles. The Labute approximate surface area is 208 Å². The van der Waals surface area contributed by atoms with E-state index in [0.29, 0.717) is 22.3 Å². The first kappa shape index (κ1) is 24.3. The Morgan fingerprint density at radius 1 is 1.15 bits per heavy atom. The third-order valence-corrected chi connectivity index (χ3v) is 6.42. The molecule has 0 saturated carbocycles. The number of anilines is 1. The number of benzene rings is 2. The van der Waals surface area contributed by atoms with Crippen LogP contribution >= 0.6 is 23.2 Å². The first-order valence-electron chi connectivity index (χ1n) is 11.0. The van der Waals surface area contributed by atoms with Gasteiger partial charge in [0.05, 0.1) is 29.7 Å². The molecule has 1 fully saturated rings. The van der Waals surface area contributed by atoms with E-state index in [1.54, 1.807) is 18.6 Å². The number of aromatic nitrogens is 2. The summed E-state index contributed by atoms with van der Waals surface area (Å²) in [4.78, 5) is 20.0. The van der Waals surface area contributed by atoms with Crippen LogP contribution in [0.3, 0.4) is 0 Å². The fraction of sp³-hybridized carbons (Fsp3) is 0.333. The molecule has 1 amide bonds. The van der Waals surface area contributed by atoms with Gasteiger partial charge in [0.15, 0.2) is 0 Å². The molecule has 1 atom stereocenters. The Morgan fingerprint density at radius 2 is 1.94 bits per heavy atom. The monoisotopic (exact) mass is 503 g/mol. The van der Waals surface area contributed by atoms with Crippen molar-refractivity contribution in [2.45, 2.75) is 12.6 Å². The molecule has 0 radical (unpaired) electrons. The number of nitrogens with two attached hydrogens (primary N) is 1. The van der Waals surface area contributed by atoms with Crippen LogP contribution in [0, 0.1) is 0 Å². The molecular weight excluding hydrogens is 477 g/mol. The molecule has 0 bridgehead atoms. The molecule has 1 aliphatic rings. The van der Waals surface area contributed by atoms with Gasteiger partial charge < -0.3 is 25.0 Å². The maximum atomic E-state index is 11.3. The molecule has 0 unspecified atom stereocenters. The number of carbonyl (C=O) groups excluding carboxylic acids is 1. The number of primary amides is 1. The molecular formula is C24H27Cl2N5O3. The number of hydrogen-bond acceptors (Lipinski definition) is 6. The number of piperazine rings is 1. The van der Waals surface area contributed by atoms with Gasteiger partial charge in [-0.2, -0.15) is 0 Å². The molecule has 1 aliphatic heterocycles. The fourth-order valence-corrected chi connectivity index (χ4v) is 4.55. The summed E-state index contributed by atoms with van der Waals surface area (Å²) < 4.78 is 7.38. The molecule has 3 aromatic rings. The van der Waals surface area contributed by atoms with Crippen molar-refractivity contribution in [1.29, 1.82) is 0 Å². The van der Waals surface area contributed by atoms with Gasteiger partial charge in [-0.15, -0.1) is 0 Å². The summed E-state index contributed by atoms with van der Waals surface area (Å²) in [5.74, 6) is 0.0972. The highest BCUT2D eigenvalue weighted by atomic mass is 35.5. The minimum absolute atomic E-state index is 0.0527. The lowest BCUT2D eigenvalue weighted by Crippen LogP contribution is -2.49. The van der Waals surface area contributed by atoms with E-state index in [9.17, 15) is 4.79 Å².